The van der Waals surface area contributed by atoms with E-state index in [9.17, 15) is 4.79 Å². The Morgan fingerprint density at radius 2 is 2.06 bits per heavy atom. The number of ketones is 1. The fourth-order valence-electron chi connectivity index (χ4n) is 1.97. The molecule has 0 radical (unpaired) electrons. The average molecular weight is 247 g/mol. The van der Waals surface area contributed by atoms with E-state index in [0.29, 0.717) is 5.78 Å². The van der Waals surface area contributed by atoms with Gasteiger partial charge in [0, 0.05) is 24.2 Å². The largest absolute Gasteiger partial charge is 0.299 e. The molecule has 18 heavy (non-hydrogen) atoms. The molecule has 1 rings (SSSR count). The van der Waals surface area contributed by atoms with E-state index in [1.165, 1.54) is 17.7 Å². The Labute approximate surface area is 111 Å². The first kappa shape index (κ1) is 14.9. The Bertz CT molecular complexity index is 371. The third-order valence-corrected chi connectivity index (χ3v) is 3.28. The van der Waals surface area contributed by atoms with Crippen molar-refractivity contribution in [2.75, 3.05) is 0 Å². The Morgan fingerprint density at radius 1 is 1.28 bits per heavy atom. The van der Waals surface area contributed by atoms with Crippen LogP contribution in [-0.4, -0.2) is 10.8 Å². The molecule has 0 spiro atoms. The van der Waals surface area contributed by atoms with Crippen LogP contribution in [0.25, 0.3) is 0 Å². The molecule has 0 aliphatic heterocycles. The van der Waals surface area contributed by atoms with Crippen LogP contribution in [0.15, 0.2) is 18.3 Å². The summed E-state index contributed by atoms with van der Waals surface area (Å²) < 4.78 is 0. The van der Waals surface area contributed by atoms with Crippen molar-refractivity contribution in [1.82, 2.24) is 4.98 Å². The molecule has 0 saturated carbocycles. The highest BCUT2D eigenvalue weighted by molar-refractivity contribution is 5.80. The van der Waals surface area contributed by atoms with Crippen molar-refractivity contribution in [1.29, 1.82) is 0 Å². The second-order valence-corrected chi connectivity index (χ2v) is 5.19. The number of carbonyl (C=O) groups excluding carboxylic acids is 1. The lowest BCUT2D eigenvalue weighted by atomic mass is 10.0. The van der Waals surface area contributed by atoms with Gasteiger partial charge in [0.05, 0.1) is 0 Å². The van der Waals surface area contributed by atoms with E-state index in [-0.39, 0.29) is 5.92 Å². The fourth-order valence-corrected chi connectivity index (χ4v) is 1.97. The predicted octanol–water partition coefficient (Wildman–Crippen LogP) is 3.97. The third-order valence-electron chi connectivity index (χ3n) is 3.28. The Morgan fingerprint density at radius 3 is 2.72 bits per heavy atom. The Hall–Kier alpha value is -1.18. The molecule has 0 atom stereocenters. The fraction of sp³-hybridized carbons (Fsp3) is 0.625. The van der Waals surface area contributed by atoms with Gasteiger partial charge in [0.1, 0.15) is 5.78 Å². The molecular weight excluding hydrogens is 222 g/mol. The summed E-state index contributed by atoms with van der Waals surface area (Å²) in [6.45, 7) is 6.08. The van der Waals surface area contributed by atoms with Gasteiger partial charge < -0.3 is 0 Å². The zero-order chi connectivity index (χ0) is 13.4. The number of hydrogen-bond donors (Lipinski definition) is 0. The molecule has 0 amide bonds. The molecule has 0 bridgehead atoms. The molecule has 0 unspecified atom stereocenters. The van der Waals surface area contributed by atoms with E-state index >= 15 is 0 Å². The van der Waals surface area contributed by atoms with Gasteiger partial charge in [-0.1, -0.05) is 27.2 Å². The van der Waals surface area contributed by atoms with Crippen LogP contribution in [0, 0.1) is 5.92 Å². The van der Waals surface area contributed by atoms with Crippen LogP contribution in [0.4, 0.5) is 0 Å². The highest BCUT2D eigenvalue weighted by Crippen LogP contribution is 2.10. The highest BCUT2D eigenvalue weighted by Gasteiger charge is 2.05. The summed E-state index contributed by atoms with van der Waals surface area (Å²) in [5.41, 5.74) is 2.54. The normalized spacial score (nSPS) is 10.9. The van der Waals surface area contributed by atoms with Gasteiger partial charge in [-0.3, -0.25) is 9.78 Å². The van der Waals surface area contributed by atoms with Gasteiger partial charge in [0.25, 0.3) is 0 Å². The molecule has 2 nitrogen and oxygen atoms in total. The molecule has 0 N–H and O–H groups in total. The number of unbranched alkanes of at least 4 members (excludes halogenated alkanes) is 2. The number of rotatable bonds is 8. The predicted molar refractivity (Wildman–Crippen MR) is 75.6 cm³/mol. The lowest BCUT2D eigenvalue weighted by Crippen LogP contribution is -2.06. The lowest BCUT2D eigenvalue weighted by Gasteiger charge is -2.05. The van der Waals surface area contributed by atoms with Crippen LogP contribution in [0.2, 0.25) is 0 Å². The summed E-state index contributed by atoms with van der Waals surface area (Å²) in [6.07, 6.45) is 8.08. The summed E-state index contributed by atoms with van der Waals surface area (Å²) in [4.78, 5) is 15.8. The second kappa shape index (κ2) is 8.02. The Kier molecular flexibility index (Phi) is 6.63. The van der Waals surface area contributed by atoms with E-state index in [2.05, 4.69) is 24.0 Å². The smallest absolute Gasteiger partial charge is 0.135 e. The lowest BCUT2D eigenvalue weighted by molar-refractivity contribution is -0.122. The second-order valence-electron chi connectivity index (χ2n) is 5.19. The maximum absolute atomic E-state index is 11.5. The minimum atomic E-state index is 0.192. The van der Waals surface area contributed by atoms with Crippen LogP contribution in [0.5, 0.6) is 0 Å². The van der Waals surface area contributed by atoms with Crippen LogP contribution >= 0.6 is 0 Å². The number of carbonyl (C=O) groups is 1. The van der Waals surface area contributed by atoms with Crippen LogP contribution in [0.1, 0.15) is 57.7 Å². The van der Waals surface area contributed by atoms with E-state index in [4.69, 9.17) is 0 Å². The molecule has 0 aliphatic carbocycles. The zero-order valence-corrected chi connectivity index (χ0v) is 11.9. The molecule has 0 fully saturated rings. The van der Waals surface area contributed by atoms with Crippen LogP contribution < -0.4 is 0 Å². The highest BCUT2D eigenvalue weighted by atomic mass is 16.1. The van der Waals surface area contributed by atoms with E-state index < -0.39 is 0 Å². The number of aromatic nitrogens is 1. The Balaban J connectivity index is 2.19. The number of aryl methyl sites for hydroxylation is 2. The van der Waals surface area contributed by atoms with Crippen molar-refractivity contribution in [2.24, 2.45) is 5.92 Å². The first-order valence-electron chi connectivity index (χ1n) is 7.10. The quantitative estimate of drug-likeness (QED) is 0.651. The molecule has 1 aromatic rings. The summed E-state index contributed by atoms with van der Waals surface area (Å²) >= 11 is 0. The summed E-state index contributed by atoms with van der Waals surface area (Å²) in [5, 5.41) is 0. The van der Waals surface area contributed by atoms with Crippen molar-refractivity contribution in [3.05, 3.63) is 29.6 Å². The van der Waals surface area contributed by atoms with Crippen molar-refractivity contribution in [3.63, 3.8) is 0 Å². The summed E-state index contributed by atoms with van der Waals surface area (Å²) in [5.74, 6) is 0.587. The van der Waals surface area contributed by atoms with Crippen molar-refractivity contribution in [3.8, 4) is 0 Å². The van der Waals surface area contributed by atoms with Gasteiger partial charge >= 0.3 is 0 Å². The monoisotopic (exact) mass is 247 g/mol. The number of nitrogens with zero attached hydrogens (tertiary/aromatic N) is 1. The molecule has 1 heterocycles. The molecule has 2 heteroatoms. The molecule has 0 saturated heterocycles. The van der Waals surface area contributed by atoms with Gasteiger partial charge in [-0.15, -0.1) is 0 Å². The molecule has 0 aromatic carbocycles. The minimum Gasteiger partial charge on any atom is -0.299 e. The zero-order valence-electron chi connectivity index (χ0n) is 11.9. The molecular formula is C16H25NO. The van der Waals surface area contributed by atoms with Gasteiger partial charge in [-0.05, 0) is 43.4 Å². The maximum Gasteiger partial charge on any atom is 0.135 e. The first-order valence-corrected chi connectivity index (χ1v) is 7.10. The van der Waals surface area contributed by atoms with Gasteiger partial charge in [-0.25, -0.2) is 0 Å². The van der Waals surface area contributed by atoms with Crippen LogP contribution in [0.3, 0.4) is 0 Å². The topological polar surface area (TPSA) is 30.0 Å². The van der Waals surface area contributed by atoms with Gasteiger partial charge in [0.15, 0.2) is 0 Å². The van der Waals surface area contributed by atoms with Crippen molar-refractivity contribution in [2.45, 2.75) is 59.3 Å². The molecule has 0 aliphatic rings. The first-order chi connectivity index (χ1) is 8.63. The number of hydrogen-bond acceptors (Lipinski definition) is 2. The standard InChI is InChI=1S/C16H25NO/c1-4-15-12-14(10-11-17-15)8-6-5-7-9-16(18)13(2)3/h10-13H,4-9H2,1-3H3. The number of pyridine rings is 1. The van der Waals surface area contributed by atoms with Crippen LogP contribution in [-0.2, 0) is 17.6 Å². The van der Waals surface area contributed by atoms with Crippen molar-refractivity contribution >= 4 is 5.78 Å². The SMILES string of the molecule is CCc1cc(CCCCCC(=O)C(C)C)ccn1. The third kappa shape index (κ3) is 5.44. The summed E-state index contributed by atoms with van der Waals surface area (Å²) in [6, 6.07) is 4.29. The number of Topliss-reactive ketones (excluding diaryl/α,β-unsaturated/α-hetero) is 1. The van der Waals surface area contributed by atoms with E-state index in [1.54, 1.807) is 0 Å². The average Bonchev–Trinajstić information content (AvgIpc) is 2.38. The molecule has 1 aromatic heterocycles. The van der Waals surface area contributed by atoms with Crippen molar-refractivity contribution < 1.29 is 4.79 Å². The van der Waals surface area contributed by atoms with Gasteiger partial charge in [-0.2, -0.15) is 0 Å². The van der Waals surface area contributed by atoms with E-state index in [0.717, 1.165) is 32.1 Å². The maximum atomic E-state index is 11.5. The minimum absolute atomic E-state index is 0.192. The summed E-state index contributed by atoms with van der Waals surface area (Å²) in [7, 11) is 0. The molecule has 100 valence electrons. The van der Waals surface area contributed by atoms with E-state index in [1.807, 2.05) is 20.0 Å². The van der Waals surface area contributed by atoms with Gasteiger partial charge in [0.2, 0.25) is 0 Å².